The van der Waals surface area contributed by atoms with E-state index < -0.39 is 0 Å². The molecule has 1 aliphatic heterocycles. The first-order chi connectivity index (χ1) is 22.1. The summed E-state index contributed by atoms with van der Waals surface area (Å²) in [6.45, 7) is 2.74. The Hall–Kier alpha value is -5.48. The molecule has 7 aromatic rings. The summed E-state index contributed by atoms with van der Waals surface area (Å²) in [7, 11) is 1.75. The molecule has 45 heavy (non-hydrogen) atoms. The molecule has 0 aliphatic carbocycles. The number of aromatic nitrogens is 8. The molecule has 0 bridgehead atoms. The molecule has 0 amide bonds. The van der Waals surface area contributed by atoms with Gasteiger partial charge in [-0.05, 0) is 54.0 Å². The fourth-order valence-electron chi connectivity index (χ4n) is 6.39. The number of rotatable bonds is 6. The van der Waals surface area contributed by atoms with Crippen molar-refractivity contribution in [3.63, 3.8) is 0 Å². The smallest absolute Gasteiger partial charge is 0.306 e. The second-order valence-corrected chi connectivity index (χ2v) is 11.6. The third kappa shape index (κ3) is 5.19. The molecule has 1 N–H and O–H groups in total. The number of hydrogen-bond donors (Lipinski definition) is 1. The van der Waals surface area contributed by atoms with Crippen molar-refractivity contribution in [3.05, 3.63) is 113 Å². The van der Waals surface area contributed by atoms with Crippen LogP contribution in [0.3, 0.4) is 0 Å². The topological polar surface area (TPSA) is 110 Å². The van der Waals surface area contributed by atoms with E-state index in [2.05, 4.69) is 61.7 Å². The van der Waals surface area contributed by atoms with Crippen molar-refractivity contribution in [2.45, 2.75) is 25.4 Å². The van der Waals surface area contributed by atoms with Crippen LogP contribution in [0.25, 0.3) is 56.0 Å². The second-order valence-electron chi connectivity index (χ2n) is 11.6. The average molecular weight is 594 g/mol. The Morgan fingerprint density at radius 3 is 2.22 bits per heavy atom. The van der Waals surface area contributed by atoms with Crippen LogP contribution in [-0.4, -0.2) is 57.7 Å². The molecule has 0 atom stereocenters. The number of hydrogen-bond acceptors (Lipinski definition) is 7. The molecule has 3 aromatic heterocycles. The first-order valence-corrected chi connectivity index (χ1v) is 15.2. The number of aromatic amines is 1. The van der Waals surface area contributed by atoms with Crippen LogP contribution in [0.15, 0.2) is 102 Å². The van der Waals surface area contributed by atoms with Gasteiger partial charge >= 0.3 is 5.69 Å². The number of nitrogens with one attached hydrogen (secondary N) is 1. The summed E-state index contributed by atoms with van der Waals surface area (Å²) in [6.07, 6.45) is 1.89. The Bertz CT molecular complexity index is 2190. The van der Waals surface area contributed by atoms with Gasteiger partial charge in [-0.15, -0.1) is 10.2 Å². The van der Waals surface area contributed by atoms with E-state index in [1.165, 1.54) is 10.4 Å². The van der Waals surface area contributed by atoms with Crippen molar-refractivity contribution < 1.29 is 0 Å². The zero-order valence-electron chi connectivity index (χ0n) is 24.8. The van der Waals surface area contributed by atoms with Crippen molar-refractivity contribution in [1.82, 2.24) is 44.6 Å². The van der Waals surface area contributed by atoms with Gasteiger partial charge in [0.05, 0.1) is 40.5 Å². The van der Waals surface area contributed by atoms with Gasteiger partial charge in [0.25, 0.3) is 0 Å². The number of fused-ring (bicyclic) bond motifs is 2. The largest absolute Gasteiger partial charge is 0.326 e. The van der Waals surface area contributed by atoms with E-state index in [4.69, 9.17) is 9.97 Å². The van der Waals surface area contributed by atoms with Crippen LogP contribution in [0.1, 0.15) is 24.4 Å². The van der Waals surface area contributed by atoms with Crippen LogP contribution in [0.4, 0.5) is 0 Å². The van der Waals surface area contributed by atoms with E-state index in [-0.39, 0.29) is 11.7 Å². The molecule has 0 spiro atoms. The minimum atomic E-state index is -0.0152. The van der Waals surface area contributed by atoms with Crippen LogP contribution >= 0.6 is 0 Å². The molecule has 4 aromatic carbocycles. The number of tetrazole rings is 1. The van der Waals surface area contributed by atoms with Gasteiger partial charge in [0.15, 0.2) is 0 Å². The van der Waals surface area contributed by atoms with Crippen molar-refractivity contribution in [2.24, 2.45) is 7.05 Å². The highest BCUT2D eigenvalue weighted by molar-refractivity contribution is 5.88. The third-order valence-corrected chi connectivity index (χ3v) is 8.66. The van der Waals surface area contributed by atoms with Crippen LogP contribution in [0, 0.1) is 0 Å². The summed E-state index contributed by atoms with van der Waals surface area (Å²) in [6, 6.07) is 32.9. The van der Waals surface area contributed by atoms with Crippen LogP contribution < -0.4 is 5.69 Å². The van der Waals surface area contributed by atoms with Gasteiger partial charge in [-0.2, -0.15) is 4.80 Å². The lowest BCUT2D eigenvalue weighted by Crippen LogP contribution is -2.36. The Morgan fingerprint density at radius 1 is 0.778 bits per heavy atom. The summed E-state index contributed by atoms with van der Waals surface area (Å²) < 4.78 is 1.95. The fraction of sp³-hybridized carbons (Fsp3) is 0.200. The highest BCUT2D eigenvalue weighted by Gasteiger charge is 2.24. The molecular formula is C35H31N9O. The summed E-state index contributed by atoms with van der Waals surface area (Å²) in [4.78, 5) is 29.8. The number of benzene rings is 4. The Balaban J connectivity index is 1.05. The number of para-hydroxylation sites is 2. The highest BCUT2D eigenvalue weighted by atomic mass is 16.1. The lowest BCUT2D eigenvalue weighted by atomic mass is 10.0. The maximum Gasteiger partial charge on any atom is 0.326 e. The van der Waals surface area contributed by atoms with E-state index in [9.17, 15) is 4.79 Å². The van der Waals surface area contributed by atoms with Crippen LogP contribution in [-0.2, 0) is 13.6 Å². The van der Waals surface area contributed by atoms with Gasteiger partial charge in [-0.1, -0.05) is 66.7 Å². The molecule has 222 valence electrons. The van der Waals surface area contributed by atoms with Gasteiger partial charge in [0.1, 0.15) is 0 Å². The molecule has 10 nitrogen and oxygen atoms in total. The molecular weight excluding hydrogens is 562 g/mol. The average Bonchev–Trinajstić information content (AvgIpc) is 3.67. The number of likely N-dealkylation sites (tertiary alicyclic amines) is 1. The van der Waals surface area contributed by atoms with Crippen molar-refractivity contribution in [1.29, 1.82) is 0 Å². The summed E-state index contributed by atoms with van der Waals surface area (Å²) in [5.74, 6) is 0.553. The zero-order chi connectivity index (χ0) is 30.3. The van der Waals surface area contributed by atoms with Crippen LogP contribution in [0.5, 0.6) is 0 Å². The SMILES string of the molecule is Cn1nnc(-c2ccc3nc(-c4ccccc4)c(-c4ccc(CN5CCC(n6c(=O)[nH]c7ccccc76)CC5)cc4)nc3c2)n1. The second kappa shape index (κ2) is 11.2. The predicted octanol–water partition coefficient (Wildman–Crippen LogP) is 5.63. The molecule has 0 radical (unpaired) electrons. The lowest BCUT2D eigenvalue weighted by Gasteiger charge is -2.32. The number of nitrogens with zero attached hydrogens (tertiary/aromatic N) is 8. The van der Waals surface area contributed by atoms with Gasteiger partial charge in [-0.3, -0.25) is 9.47 Å². The van der Waals surface area contributed by atoms with Gasteiger partial charge < -0.3 is 4.98 Å². The number of piperidine rings is 1. The first kappa shape index (κ1) is 27.1. The minimum Gasteiger partial charge on any atom is -0.306 e. The van der Waals surface area contributed by atoms with E-state index in [0.29, 0.717) is 5.82 Å². The van der Waals surface area contributed by atoms with Crippen molar-refractivity contribution in [2.75, 3.05) is 13.1 Å². The highest BCUT2D eigenvalue weighted by Crippen LogP contribution is 2.33. The van der Waals surface area contributed by atoms with Crippen LogP contribution in [0.2, 0.25) is 0 Å². The molecule has 1 aliphatic rings. The van der Waals surface area contributed by atoms with E-state index >= 15 is 0 Å². The maximum absolute atomic E-state index is 12.7. The van der Waals surface area contributed by atoms with Crippen molar-refractivity contribution >= 4 is 22.1 Å². The summed E-state index contributed by atoms with van der Waals surface area (Å²) in [5.41, 5.74) is 9.24. The van der Waals surface area contributed by atoms with Gasteiger partial charge in [0, 0.05) is 42.4 Å². The van der Waals surface area contributed by atoms with E-state index in [1.807, 2.05) is 65.2 Å². The summed E-state index contributed by atoms with van der Waals surface area (Å²) >= 11 is 0. The third-order valence-electron chi connectivity index (χ3n) is 8.66. The quantitative estimate of drug-likeness (QED) is 0.266. The maximum atomic E-state index is 12.7. The Morgan fingerprint density at radius 2 is 1.47 bits per heavy atom. The predicted molar refractivity (Wildman–Crippen MR) is 174 cm³/mol. The minimum absolute atomic E-state index is 0.0152. The normalized spacial score (nSPS) is 14.4. The molecule has 1 saturated heterocycles. The number of H-pyrrole nitrogens is 1. The van der Waals surface area contributed by atoms with Crippen molar-refractivity contribution in [3.8, 4) is 33.9 Å². The molecule has 1 fully saturated rings. The van der Waals surface area contributed by atoms with E-state index in [0.717, 1.165) is 82.6 Å². The Labute approximate surface area is 259 Å². The molecule has 0 saturated carbocycles. The molecule has 8 rings (SSSR count). The molecule has 10 heteroatoms. The molecule has 0 unspecified atom stereocenters. The summed E-state index contributed by atoms with van der Waals surface area (Å²) in [5, 5.41) is 12.5. The monoisotopic (exact) mass is 593 g/mol. The van der Waals surface area contributed by atoms with Gasteiger partial charge in [0.2, 0.25) is 5.82 Å². The lowest BCUT2D eigenvalue weighted by molar-refractivity contribution is 0.180. The first-order valence-electron chi connectivity index (χ1n) is 15.2. The van der Waals surface area contributed by atoms with E-state index in [1.54, 1.807) is 7.05 Å². The Kier molecular flexibility index (Phi) is 6.76. The van der Waals surface area contributed by atoms with Gasteiger partial charge in [-0.25, -0.2) is 14.8 Å². The fourth-order valence-corrected chi connectivity index (χ4v) is 6.39. The number of aryl methyl sites for hydroxylation is 1. The standard InChI is InChI=1S/C35H31N9O/c1-42-40-34(39-41-42)26-15-16-28-30(21-26)37-33(32(36-28)24-7-3-2-4-8-24)25-13-11-23(12-14-25)22-43-19-17-27(18-20-43)44-31-10-6-5-9-29(31)38-35(44)45/h2-16,21,27H,17-20,22H2,1H3,(H,38,45). The number of imidazole rings is 1. The molecule has 4 heterocycles. The zero-order valence-corrected chi connectivity index (χ0v) is 24.8.